The predicted octanol–water partition coefficient (Wildman–Crippen LogP) is 4.11. The second kappa shape index (κ2) is 9.16. The van der Waals surface area contributed by atoms with Crippen molar-refractivity contribution in [3.05, 3.63) is 86.7 Å². The fraction of sp³-hybridized carbons (Fsp3) is 0.208. The summed E-state index contributed by atoms with van der Waals surface area (Å²) in [6.07, 6.45) is 4.36. The van der Waals surface area contributed by atoms with E-state index in [9.17, 15) is 14.9 Å². The van der Waals surface area contributed by atoms with Crippen LogP contribution in [0.5, 0.6) is 0 Å². The molecule has 0 fully saturated rings. The molecule has 0 radical (unpaired) electrons. The lowest BCUT2D eigenvalue weighted by Gasteiger charge is -2.13. The van der Waals surface area contributed by atoms with E-state index in [2.05, 4.69) is 23.0 Å². The molecule has 1 amide bonds. The highest BCUT2D eigenvalue weighted by molar-refractivity contribution is 6.31. The maximum absolute atomic E-state index is 13.1. The van der Waals surface area contributed by atoms with Crippen molar-refractivity contribution >= 4 is 34.2 Å². The minimum absolute atomic E-state index is 0.138. The van der Waals surface area contributed by atoms with Gasteiger partial charge < -0.3 is 4.57 Å². The molecule has 4 aromatic rings. The molecular formula is C24H20ClN5O2. The Morgan fingerprint density at radius 3 is 2.78 bits per heavy atom. The minimum atomic E-state index is -0.523. The van der Waals surface area contributed by atoms with Crippen molar-refractivity contribution in [3.63, 3.8) is 0 Å². The van der Waals surface area contributed by atoms with Gasteiger partial charge in [-0.15, -0.1) is 0 Å². The molecule has 0 spiro atoms. The van der Waals surface area contributed by atoms with E-state index in [1.54, 1.807) is 47.2 Å². The Morgan fingerprint density at radius 2 is 2.03 bits per heavy atom. The van der Waals surface area contributed by atoms with Crippen LogP contribution in [0.15, 0.2) is 64.5 Å². The lowest BCUT2D eigenvalue weighted by atomic mass is 10.2. The van der Waals surface area contributed by atoms with Gasteiger partial charge in [-0.25, -0.2) is 4.98 Å². The summed E-state index contributed by atoms with van der Waals surface area (Å²) in [6, 6.07) is 15.3. The number of aromatic nitrogens is 3. The van der Waals surface area contributed by atoms with Crippen LogP contribution in [0.4, 0.5) is 0 Å². The topological polar surface area (TPSA) is 92.5 Å². The number of unbranched alkanes of at least 4 members (excludes halogenated alkanes) is 2. The number of fused-ring (bicyclic) bond motifs is 2. The molecule has 0 atom stereocenters. The number of carbonyl (C=O) groups is 1. The van der Waals surface area contributed by atoms with Gasteiger partial charge in [-0.05, 0) is 42.8 Å². The summed E-state index contributed by atoms with van der Waals surface area (Å²) in [7, 11) is 0. The molecule has 0 saturated carbocycles. The molecule has 160 valence electrons. The number of amides is 1. The van der Waals surface area contributed by atoms with E-state index in [-0.39, 0.29) is 16.6 Å². The van der Waals surface area contributed by atoms with Gasteiger partial charge in [0.2, 0.25) is 0 Å². The first kappa shape index (κ1) is 21.5. The Kier molecular flexibility index (Phi) is 6.15. The van der Waals surface area contributed by atoms with E-state index in [4.69, 9.17) is 11.6 Å². The summed E-state index contributed by atoms with van der Waals surface area (Å²) in [5, 5.41) is 10.5. The van der Waals surface area contributed by atoms with Crippen molar-refractivity contribution < 1.29 is 4.79 Å². The molecule has 0 unspecified atom stereocenters. The van der Waals surface area contributed by atoms with Crippen LogP contribution in [-0.2, 0) is 6.54 Å². The fourth-order valence-electron chi connectivity index (χ4n) is 3.59. The van der Waals surface area contributed by atoms with Crippen LogP contribution in [0.1, 0.15) is 42.1 Å². The number of nitriles is 1. The fourth-order valence-corrected chi connectivity index (χ4v) is 3.78. The third-order valence-electron chi connectivity index (χ3n) is 5.17. The quantitative estimate of drug-likeness (QED) is 0.341. The Balaban J connectivity index is 2.05. The molecule has 4 rings (SSSR count). The van der Waals surface area contributed by atoms with Crippen LogP contribution < -0.4 is 11.0 Å². The summed E-state index contributed by atoms with van der Waals surface area (Å²) in [4.78, 5) is 35.0. The average molecular weight is 446 g/mol. The Labute approximate surface area is 188 Å². The SMILES string of the molecule is CCCCCn1c(=NC(=O)c2cccc(Cl)c2)c(C#N)cc2c(=O)n3ccccc3nc21. The summed E-state index contributed by atoms with van der Waals surface area (Å²) in [5.41, 5.74) is 1.24. The normalized spacial score (nSPS) is 11.7. The van der Waals surface area contributed by atoms with E-state index >= 15 is 0 Å². The van der Waals surface area contributed by atoms with Crippen molar-refractivity contribution in [1.29, 1.82) is 5.26 Å². The molecule has 3 heterocycles. The van der Waals surface area contributed by atoms with Crippen LogP contribution in [0.3, 0.4) is 0 Å². The van der Waals surface area contributed by atoms with Gasteiger partial charge in [0, 0.05) is 23.3 Å². The largest absolute Gasteiger partial charge is 0.309 e. The summed E-state index contributed by atoms with van der Waals surface area (Å²) in [6.45, 7) is 2.55. The zero-order chi connectivity index (χ0) is 22.7. The molecule has 7 nitrogen and oxygen atoms in total. The standard InChI is InChI=1S/C24H20ClN5O2/c1-2-3-5-12-30-21(28-23(31)16-8-7-9-18(25)13-16)17(15-26)14-19-22(30)27-20-10-4-6-11-29(20)24(19)32/h4,6-11,13-14H,2-3,5,12H2,1H3. The van der Waals surface area contributed by atoms with Crippen LogP contribution in [0.25, 0.3) is 16.7 Å². The number of hydrogen-bond acceptors (Lipinski definition) is 4. The second-order valence-electron chi connectivity index (χ2n) is 7.36. The lowest BCUT2D eigenvalue weighted by molar-refractivity contribution is 0.0997. The van der Waals surface area contributed by atoms with Crippen molar-refractivity contribution in [2.24, 2.45) is 4.99 Å². The molecule has 0 bridgehead atoms. The molecule has 1 aromatic carbocycles. The number of rotatable bonds is 5. The number of benzene rings is 1. The van der Waals surface area contributed by atoms with Gasteiger partial charge in [0.25, 0.3) is 11.5 Å². The third kappa shape index (κ3) is 4.05. The zero-order valence-electron chi connectivity index (χ0n) is 17.5. The van der Waals surface area contributed by atoms with Gasteiger partial charge in [-0.3, -0.25) is 14.0 Å². The minimum Gasteiger partial charge on any atom is -0.309 e. The highest BCUT2D eigenvalue weighted by Crippen LogP contribution is 2.14. The van der Waals surface area contributed by atoms with Crippen LogP contribution >= 0.6 is 11.6 Å². The molecule has 0 N–H and O–H groups in total. The number of carbonyl (C=O) groups excluding carboxylic acids is 1. The molecule has 3 aromatic heterocycles. The monoisotopic (exact) mass is 445 g/mol. The Bertz CT molecular complexity index is 1510. The number of halogens is 1. The summed E-state index contributed by atoms with van der Waals surface area (Å²) >= 11 is 6.02. The Morgan fingerprint density at radius 1 is 1.19 bits per heavy atom. The first-order chi connectivity index (χ1) is 15.5. The Hall–Kier alpha value is -3.76. The van der Waals surface area contributed by atoms with E-state index in [0.717, 1.165) is 19.3 Å². The van der Waals surface area contributed by atoms with Crippen LogP contribution in [0, 0.1) is 11.3 Å². The van der Waals surface area contributed by atoms with Crippen LogP contribution in [-0.4, -0.2) is 19.9 Å². The van der Waals surface area contributed by atoms with Crippen molar-refractivity contribution in [2.45, 2.75) is 32.7 Å². The summed E-state index contributed by atoms with van der Waals surface area (Å²) in [5.74, 6) is -0.523. The van der Waals surface area contributed by atoms with Gasteiger partial charge in [-0.2, -0.15) is 10.3 Å². The van der Waals surface area contributed by atoms with E-state index in [1.165, 1.54) is 16.5 Å². The van der Waals surface area contributed by atoms with E-state index in [0.29, 0.717) is 33.8 Å². The van der Waals surface area contributed by atoms with Gasteiger partial charge in [0.05, 0.1) is 10.9 Å². The average Bonchev–Trinajstić information content (AvgIpc) is 2.80. The maximum Gasteiger partial charge on any atom is 0.279 e. The molecular weight excluding hydrogens is 426 g/mol. The molecule has 0 aliphatic heterocycles. The molecule has 0 saturated heterocycles. The third-order valence-corrected chi connectivity index (χ3v) is 5.41. The maximum atomic E-state index is 13.1. The van der Waals surface area contributed by atoms with Crippen LogP contribution in [0.2, 0.25) is 5.02 Å². The number of pyridine rings is 2. The number of aryl methyl sites for hydroxylation is 1. The zero-order valence-corrected chi connectivity index (χ0v) is 18.2. The highest BCUT2D eigenvalue weighted by Gasteiger charge is 2.15. The molecule has 32 heavy (non-hydrogen) atoms. The first-order valence-corrected chi connectivity index (χ1v) is 10.7. The van der Waals surface area contributed by atoms with Gasteiger partial charge in [-0.1, -0.05) is 43.5 Å². The smallest absolute Gasteiger partial charge is 0.279 e. The second-order valence-corrected chi connectivity index (χ2v) is 7.80. The van der Waals surface area contributed by atoms with Crippen molar-refractivity contribution in [1.82, 2.24) is 14.0 Å². The molecule has 0 aliphatic rings. The van der Waals surface area contributed by atoms with Crippen molar-refractivity contribution in [3.8, 4) is 6.07 Å². The van der Waals surface area contributed by atoms with E-state index in [1.807, 2.05) is 0 Å². The van der Waals surface area contributed by atoms with Gasteiger partial charge >= 0.3 is 0 Å². The summed E-state index contributed by atoms with van der Waals surface area (Å²) < 4.78 is 3.15. The van der Waals surface area contributed by atoms with Gasteiger partial charge in [0.15, 0.2) is 5.49 Å². The van der Waals surface area contributed by atoms with E-state index < -0.39 is 5.91 Å². The molecule has 8 heteroatoms. The predicted molar refractivity (Wildman–Crippen MR) is 123 cm³/mol. The highest BCUT2D eigenvalue weighted by atomic mass is 35.5. The number of hydrogen-bond donors (Lipinski definition) is 0. The number of nitrogens with zero attached hydrogens (tertiary/aromatic N) is 5. The first-order valence-electron chi connectivity index (χ1n) is 10.3. The van der Waals surface area contributed by atoms with Crippen molar-refractivity contribution in [2.75, 3.05) is 0 Å². The van der Waals surface area contributed by atoms with Gasteiger partial charge in [0.1, 0.15) is 17.4 Å². The lowest BCUT2D eigenvalue weighted by Crippen LogP contribution is -2.29. The molecule has 0 aliphatic carbocycles.